The molecule has 2 amide bonds. The van der Waals surface area contributed by atoms with Gasteiger partial charge in [-0.05, 0) is 17.5 Å². The second-order valence-electron chi connectivity index (χ2n) is 6.94. The van der Waals surface area contributed by atoms with Gasteiger partial charge in [-0.25, -0.2) is 13.1 Å². The number of sulfonamides is 1. The van der Waals surface area contributed by atoms with Gasteiger partial charge in [0.05, 0.1) is 6.26 Å². The van der Waals surface area contributed by atoms with Gasteiger partial charge in [0.25, 0.3) is 11.8 Å². The topological polar surface area (TPSA) is 114 Å². The number of carbonyl (C=O) groups is 2. The summed E-state index contributed by atoms with van der Waals surface area (Å²) in [5, 5.41) is 0. The minimum absolute atomic E-state index is 0.259. The number of benzene rings is 2. The van der Waals surface area contributed by atoms with Gasteiger partial charge in [-0.1, -0.05) is 68.8 Å². The molecule has 0 bridgehead atoms. The molecule has 30 heavy (non-hydrogen) atoms. The SMILES string of the molecule is CC[C@@H](C)[C@@H](NS(C)(=O)=O)C(=O)NNC(=O)COc1ccccc1-c1ccccc1. The molecule has 0 saturated heterocycles. The van der Waals surface area contributed by atoms with E-state index in [1.165, 1.54) is 0 Å². The number of carbonyl (C=O) groups excluding carboxylic acids is 2. The van der Waals surface area contributed by atoms with Crippen molar-refractivity contribution in [3.05, 3.63) is 54.6 Å². The number of hydrogen-bond donors (Lipinski definition) is 3. The maximum atomic E-state index is 12.3. The summed E-state index contributed by atoms with van der Waals surface area (Å²) in [4.78, 5) is 24.5. The molecule has 0 unspecified atom stereocenters. The van der Waals surface area contributed by atoms with Crippen molar-refractivity contribution in [2.45, 2.75) is 26.3 Å². The van der Waals surface area contributed by atoms with E-state index in [2.05, 4.69) is 15.6 Å². The molecular formula is C21H27N3O5S. The van der Waals surface area contributed by atoms with Crippen LogP contribution in [0.4, 0.5) is 0 Å². The highest BCUT2D eigenvalue weighted by Gasteiger charge is 2.27. The maximum absolute atomic E-state index is 12.3. The Morgan fingerprint density at radius 1 is 1.00 bits per heavy atom. The molecular weight excluding hydrogens is 406 g/mol. The third-order valence-corrected chi connectivity index (χ3v) is 5.17. The molecule has 2 rings (SSSR count). The van der Waals surface area contributed by atoms with E-state index in [1.54, 1.807) is 19.1 Å². The fourth-order valence-corrected chi connectivity index (χ4v) is 3.53. The Kier molecular flexibility index (Phi) is 8.37. The van der Waals surface area contributed by atoms with Gasteiger partial charge in [-0.2, -0.15) is 0 Å². The van der Waals surface area contributed by atoms with E-state index in [1.807, 2.05) is 49.4 Å². The Labute approximate surface area is 177 Å². The number of para-hydroxylation sites is 1. The van der Waals surface area contributed by atoms with Crippen molar-refractivity contribution >= 4 is 21.8 Å². The van der Waals surface area contributed by atoms with Crippen molar-refractivity contribution in [1.82, 2.24) is 15.6 Å². The zero-order valence-electron chi connectivity index (χ0n) is 17.2. The number of hydrogen-bond acceptors (Lipinski definition) is 5. The maximum Gasteiger partial charge on any atom is 0.276 e. The Morgan fingerprint density at radius 3 is 2.27 bits per heavy atom. The van der Waals surface area contributed by atoms with Gasteiger partial charge in [0.1, 0.15) is 11.8 Å². The number of nitrogens with one attached hydrogen (secondary N) is 3. The molecule has 9 heteroatoms. The second kappa shape index (κ2) is 10.7. The van der Waals surface area contributed by atoms with Crippen LogP contribution in [-0.2, 0) is 19.6 Å². The molecule has 0 fully saturated rings. The summed E-state index contributed by atoms with van der Waals surface area (Å²) < 4.78 is 30.9. The lowest BCUT2D eigenvalue weighted by Gasteiger charge is -2.22. The van der Waals surface area contributed by atoms with Crippen molar-refractivity contribution in [1.29, 1.82) is 0 Å². The van der Waals surface area contributed by atoms with Crippen LogP contribution in [0.25, 0.3) is 11.1 Å². The minimum Gasteiger partial charge on any atom is -0.483 e. The molecule has 0 aliphatic carbocycles. The van der Waals surface area contributed by atoms with Crippen LogP contribution in [0.15, 0.2) is 54.6 Å². The Balaban J connectivity index is 1.95. The van der Waals surface area contributed by atoms with E-state index >= 15 is 0 Å². The number of ether oxygens (including phenoxy) is 1. The molecule has 0 radical (unpaired) electrons. The van der Waals surface area contributed by atoms with E-state index in [-0.39, 0.29) is 12.5 Å². The quantitative estimate of drug-likeness (QED) is 0.522. The van der Waals surface area contributed by atoms with Gasteiger partial charge in [0, 0.05) is 5.56 Å². The molecule has 0 aliphatic rings. The predicted molar refractivity (Wildman–Crippen MR) is 115 cm³/mol. The Morgan fingerprint density at radius 2 is 1.63 bits per heavy atom. The number of amides is 2. The van der Waals surface area contributed by atoms with Gasteiger partial charge in [0.15, 0.2) is 6.61 Å². The van der Waals surface area contributed by atoms with Crippen molar-refractivity contribution in [3.63, 3.8) is 0 Å². The highest BCUT2D eigenvalue weighted by Crippen LogP contribution is 2.29. The van der Waals surface area contributed by atoms with E-state index in [9.17, 15) is 18.0 Å². The molecule has 0 aliphatic heterocycles. The average molecular weight is 434 g/mol. The van der Waals surface area contributed by atoms with E-state index in [0.29, 0.717) is 12.2 Å². The van der Waals surface area contributed by atoms with Crippen LogP contribution in [0.3, 0.4) is 0 Å². The molecule has 0 heterocycles. The summed E-state index contributed by atoms with van der Waals surface area (Å²) in [6.07, 6.45) is 1.56. The van der Waals surface area contributed by atoms with Crippen LogP contribution in [0, 0.1) is 5.92 Å². The van der Waals surface area contributed by atoms with Gasteiger partial charge < -0.3 is 4.74 Å². The van der Waals surface area contributed by atoms with E-state index < -0.39 is 27.9 Å². The minimum atomic E-state index is -3.59. The molecule has 8 nitrogen and oxygen atoms in total. The van der Waals surface area contributed by atoms with Crippen molar-refractivity contribution in [2.75, 3.05) is 12.9 Å². The number of rotatable bonds is 9. The summed E-state index contributed by atoms with van der Waals surface area (Å²) in [6.45, 7) is 3.26. The molecule has 162 valence electrons. The van der Waals surface area contributed by atoms with E-state index in [4.69, 9.17) is 4.74 Å². The van der Waals surface area contributed by atoms with E-state index in [0.717, 1.165) is 17.4 Å². The largest absolute Gasteiger partial charge is 0.483 e. The third kappa shape index (κ3) is 7.16. The van der Waals surface area contributed by atoms with Crippen LogP contribution in [-0.4, -0.2) is 39.1 Å². The summed E-state index contributed by atoms with van der Waals surface area (Å²) >= 11 is 0. The first-order chi connectivity index (χ1) is 14.2. The smallest absolute Gasteiger partial charge is 0.276 e. The summed E-state index contributed by atoms with van der Waals surface area (Å²) in [6, 6.07) is 15.9. The monoisotopic (exact) mass is 433 g/mol. The summed E-state index contributed by atoms with van der Waals surface area (Å²) in [7, 11) is -3.59. The highest BCUT2D eigenvalue weighted by atomic mass is 32.2. The lowest BCUT2D eigenvalue weighted by atomic mass is 10.00. The van der Waals surface area contributed by atoms with Crippen LogP contribution in [0.5, 0.6) is 5.75 Å². The fourth-order valence-electron chi connectivity index (χ4n) is 2.73. The first kappa shape index (κ1) is 23.4. The zero-order chi connectivity index (χ0) is 22.1. The van der Waals surface area contributed by atoms with Crippen LogP contribution >= 0.6 is 0 Å². The zero-order valence-corrected chi connectivity index (χ0v) is 18.0. The van der Waals surface area contributed by atoms with Crippen LogP contribution < -0.4 is 20.3 Å². The van der Waals surface area contributed by atoms with Gasteiger partial charge >= 0.3 is 0 Å². The molecule has 0 spiro atoms. The van der Waals surface area contributed by atoms with Crippen LogP contribution in [0.1, 0.15) is 20.3 Å². The lowest BCUT2D eigenvalue weighted by Crippen LogP contribution is -2.55. The summed E-state index contributed by atoms with van der Waals surface area (Å²) in [5.74, 6) is -0.951. The molecule has 0 saturated carbocycles. The average Bonchev–Trinajstić information content (AvgIpc) is 2.74. The van der Waals surface area contributed by atoms with Crippen LogP contribution in [0.2, 0.25) is 0 Å². The number of hydrazine groups is 1. The fraction of sp³-hybridized carbons (Fsp3) is 0.333. The second-order valence-corrected chi connectivity index (χ2v) is 8.72. The van der Waals surface area contributed by atoms with Crippen molar-refractivity contribution in [3.8, 4) is 16.9 Å². The van der Waals surface area contributed by atoms with Gasteiger partial charge in [-0.3, -0.25) is 20.4 Å². The van der Waals surface area contributed by atoms with Crippen molar-refractivity contribution < 1.29 is 22.7 Å². The third-order valence-electron chi connectivity index (χ3n) is 4.49. The normalized spacial score (nSPS) is 13.2. The Bertz CT molecular complexity index is 964. The first-order valence-electron chi connectivity index (χ1n) is 9.54. The Hall–Kier alpha value is -2.91. The van der Waals surface area contributed by atoms with Gasteiger partial charge in [-0.15, -0.1) is 0 Å². The van der Waals surface area contributed by atoms with Crippen molar-refractivity contribution in [2.24, 2.45) is 5.92 Å². The highest BCUT2D eigenvalue weighted by molar-refractivity contribution is 7.88. The lowest BCUT2D eigenvalue weighted by molar-refractivity contribution is -0.131. The molecule has 3 N–H and O–H groups in total. The molecule has 2 atom stereocenters. The standard InChI is InChI=1S/C21H27N3O5S/c1-4-15(2)20(24-30(3,27)28)21(26)23-22-19(25)14-29-18-13-9-8-12-17(18)16-10-6-5-7-11-16/h5-13,15,20,24H,4,14H2,1-3H3,(H,22,25)(H,23,26)/t15-,20-/m1/s1. The summed E-state index contributed by atoms with van der Waals surface area (Å²) in [5.41, 5.74) is 6.30. The predicted octanol–water partition coefficient (Wildman–Crippen LogP) is 1.84. The molecule has 2 aromatic rings. The first-order valence-corrected chi connectivity index (χ1v) is 11.4. The van der Waals surface area contributed by atoms with Gasteiger partial charge in [0.2, 0.25) is 10.0 Å². The molecule has 2 aromatic carbocycles. The molecule has 0 aromatic heterocycles.